The second kappa shape index (κ2) is 3.75. The average molecular weight is 186 g/mol. The van der Waals surface area contributed by atoms with E-state index < -0.39 is 18.4 Å². The third kappa shape index (κ3) is 2.62. The van der Waals surface area contributed by atoms with Crippen LogP contribution in [0.25, 0.3) is 0 Å². The van der Waals surface area contributed by atoms with Gasteiger partial charge in [0.25, 0.3) is 0 Å². The van der Waals surface area contributed by atoms with Crippen LogP contribution < -0.4 is 4.74 Å². The van der Waals surface area contributed by atoms with E-state index in [1.165, 1.54) is 0 Å². The molecule has 1 aromatic rings. The Morgan fingerprint density at radius 2 is 2.23 bits per heavy atom. The van der Waals surface area contributed by atoms with Gasteiger partial charge in [-0.3, -0.25) is 0 Å². The topological polar surface area (TPSA) is 66.8 Å². The number of aliphatic carboxylic acids is 1. The first-order valence-electron chi connectivity index (χ1n) is 3.42. The van der Waals surface area contributed by atoms with Crippen molar-refractivity contribution in [2.24, 2.45) is 0 Å². The molecule has 0 bridgehead atoms. The number of aromatic hydroxyl groups is 1. The Balaban J connectivity index is 2.75. The molecule has 13 heavy (non-hydrogen) atoms. The maximum Gasteiger partial charge on any atom is 0.341 e. The molecule has 70 valence electrons. The van der Waals surface area contributed by atoms with E-state index in [2.05, 4.69) is 4.74 Å². The normalized spacial score (nSPS) is 9.62. The third-order valence-corrected chi connectivity index (χ3v) is 1.27. The van der Waals surface area contributed by atoms with Crippen LogP contribution in [0, 0.1) is 5.82 Å². The molecule has 0 unspecified atom stereocenters. The Morgan fingerprint density at radius 1 is 1.54 bits per heavy atom. The van der Waals surface area contributed by atoms with Crippen LogP contribution in [0.4, 0.5) is 4.39 Å². The molecule has 0 saturated heterocycles. The molecule has 1 aromatic carbocycles. The number of halogens is 1. The van der Waals surface area contributed by atoms with Gasteiger partial charge in [0.15, 0.2) is 18.2 Å². The van der Waals surface area contributed by atoms with Gasteiger partial charge in [-0.05, 0) is 12.1 Å². The Hall–Kier alpha value is -1.78. The molecule has 0 aliphatic carbocycles. The molecule has 0 heterocycles. The minimum atomic E-state index is -1.21. The zero-order valence-electron chi connectivity index (χ0n) is 6.53. The highest BCUT2D eigenvalue weighted by Crippen LogP contribution is 2.22. The minimum Gasteiger partial charge on any atom is -0.508 e. The summed E-state index contributed by atoms with van der Waals surface area (Å²) in [6.45, 7) is -0.639. The van der Waals surface area contributed by atoms with Gasteiger partial charge in [0, 0.05) is 6.07 Å². The standard InChI is InChI=1S/C8H7FO4/c9-6-2-1-5(10)3-7(6)13-4-8(11)12/h1-3,10H,4H2,(H,11,12). The maximum atomic E-state index is 12.8. The van der Waals surface area contributed by atoms with Gasteiger partial charge in [0.05, 0.1) is 0 Å². The SMILES string of the molecule is O=C(O)COc1cc(O)ccc1F. The quantitative estimate of drug-likeness (QED) is 0.738. The van der Waals surface area contributed by atoms with Crippen LogP contribution >= 0.6 is 0 Å². The summed E-state index contributed by atoms with van der Waals surface area (Å²) in [5.74, 6) is -2.37. The number of phenols is 1. The van der Waals surface area contributed by atoms with Gasteiger partial charge >= 0.3 is 5.97 Å². The summed E-state index contributed by atoms with van der Waals surface area (Å²) in [6, 6.07) is 3.15. The first-order chi connectivity index (χ1) is 6.09. The minimum absolute atomic E-state index is 0.179. The lowest BCUT2D eigenvalue weighted by Crippen LogP contribution is -2.10. The highest BCUT2D eigenvalue weighted by molar-refractivity contribution is 5.68. The second-order valence-corrected chi connectivity index (χ2v) is 2.30. The Kier molecular flexibility index (Phi) is 2.69. The molecule has 4 nitrogen and oxygen atoms in total. The highest BCUT2D eigenvalue weighted by atomic mass is 19.1. The number of phenolic OH excluding ortho intramolecular Hbond substituents is 1. The van der Waals surface area contributed by atoms with Gasteiger partial charge in [0.1, 0.15) is 5.75 Å². The van der Waals surface area contributed by atoms with Crippen molar-refractivity contribution in [3.8, 4) is 11.5 Å². The second-order valence-electron chi connectivity index (χ2n) is 2.30. The predicted octanol–water partition coefficient (Wildman–Crippen LogP) is 0.995. The lowest BCUT2D eigenvalue weighted by atomic mass is 10.3. The van der Waals surface area contributed by atoms with Gasteiger partial charge in [-0.2, -0.15) is 0 Å². The number of benzene rings is 1. The summed E-state index contributed by atoms with van der Waals surface area (Å²) in [7, 11) is 0. The van der Waals surface area contributed by atoms with Crippen molar-refractivity contribution in [1.29, 1.82) is 0 Å². The predicted molar refractivity (Wildman–Crippen MR) is 41.2 cm³/mol. The molecule has 0 spiro atoms. The number of hydrogen-bond donors (Lipinski definition) is 2. The fourth-order valence-corrected chi connectivity index (χ4v) is 0.742. The van der Waals surface area contributed by atoms with E-state index in [-0.39, 0.29) is 11.5 Å². The summed E-state index contributed by atoms with van der Waals surface area (Å²) in [6.07, 6.45) is 0. The molecule has 5 heteroatoms. The molecular formula is C8H7FO4. The Bertz CT molecular complexity index is 324. The molecule has 0 saturated carbocycles. The maximum absolute atomic E-state index is 12.8. The number of carboxylic acids is 1. The van der Waals surface area contributed by atoms with Crippen LogP contribution in [0.3, 0.4) is 0 Å². The molecule has 0 aliphatic heterocycles. The Morgan fingerprint density at radius 3 is 2.85 bits per heavy atom. The van der Waals surface area contributed by atoms with Crippen molar-refractivity contribution in [1.82, 2.24) is 0 Å². The van der Waals surface area contributed by atoms with Crippen LogP contribution in [-0.2, 0) is 4.79 Å². The fourth-order valence-electron chi connectivity index (χ4n) is 0.742. The number of ether oxygens (including phenoxy) is 1. The van der Waals surface area contributed by atoms with Gasteiger partial charge in [0.2, 0.25) is 0 Å². The van der Waals surface area contributed by atoms with Crippen molar-refractivity contribution in [3.05, 3.63) is 24.0 Å². The lowest BCUT2D eigenvalue weighted by Gasteiger charge is -2.04. The zero-order valence-corrected chi connectivity index (χ0v) is 6.53. The van der Waals surface area contributed by atoms with Crippen LogP contribution in [0.5, 0.6) is 11.5 Å². The van der Waals surface area contributed by atoms with E-state index in [0.717, 1.165) is 18.2 Å². The molecule has 0 fully saturated rings. The summed E-state index contributed by atoms with van der Waals surface area (Å²) >= 11 is 0. The molecule has 1 rings (SSSR count). The molecule has 0 radical (unpaired) electrons. The van der Waals surface area contributed by atoms with E-state index in [4.69, 9.17) is 10.2 Å². The third-order valence-electron chi connectivity index (χ3n) is 1.27. The van der Waals surface area contributed by atoms with Crippen LogP contribution in [0.1, 0.15) is 0 Å². The van der Waals surface area contributed by atoms with Crippen molar-refractivity contribution in [3.63, 3.8) is 0 Å². The van der Waals surface area contributed by atoms with Crippen molar-refractivity contribution in [2.45, 2.75) is 0 Å². The highest BCUT2D eigenvalue weighted by Gasteiger charge is 2.06. The fraction of sp³-hybridized carbons (Fsp3) is 0.125. The van der Waals surface area contributed by atoms with E-state index in [9.17, 15) is 9.18 Å². The lowest BCUT2D eigenvalue weighted by molar-refractivity contribution is -0.139. The average Bonchev–Trinajstić information content (AvgIpc) is 2.06. The van der Waals surface area contributed by atoms with E-state index in [1.807, 2.05) is 0 Å². The van der Waals surface area contributed by atoms with Gasteiger partial charge in [-0.25, -0.2) is 9.18 Å². The first kappa shape index (κ1) is 9.31. The van der Waals surface area contributed by atoms with E-state index in [1.54, 1.807) is 0 Å². The number of carboxylic acid groups (broad SMARTS) is 1. The van der Waals surface area contributed by atoms with Gasteiger partial charge in [-0.15, -0.1) is 0 Å². The van der Waals surface area contributed by atoms with Crippen molar-refractivity contribution < 1.29 is 24.1 Å². The zero-order chi connectivity index (χ0) is 9.84. The molecule has 0 aliphatic rings. The Labute approximate surface area is 73.2 Å². The van der Waals surface area contributed by atoms with E-state index in [0.29, 0.717) is 0 Å². The number of hydrogen-bond acceptors (Lipinski definition) is 3. The molecular weight excluding hydrogens is 179 g/mol. The summed E-state index contributed by atoms with van der Waals surface area (Å²) < 4.78 is 17.3. The summed E-state index contributed by atoms with van der Waals surface area (Å²) in [4.78, 5) is 10.1. The molecule has 2 N–H and O–H groups in total. The van der Waals surface area contributed by atoms with Gasteiger partial charge in [-0.1, -0.05) is 0 Å². The van der Waals surface area contributed by atoms with Crippen LogP contribution in [0.2, 0.25) is 0 Å². The smallest absolute Gasteiger partial charge is 0.341 e. The van der Waals surface area contributed by atoms with Crippen molar-refractivity contribution >= 4 is 5.97 Å². The van der Waals surface area contributed by atoms with Crippen LogP contribution in [0.15, 0.2) is 18.2 Å². The molecule has 0 atom stereocenters. The summed E-state index contributed by atoms with van der Waals surface area (Å²) in [5.41, 5.74) is 0. The largest absolute Gasteiger partial charge is 0.508 e. The molecule has 0 amide bonds. The first-order valence-corrected chi connectivity index (χ1v) is 3.42. The van der Waals surface area contributed by atoms with Gasteiger partial charge < -0.3 is 14.9 Å². The van der Waals surface area contributed by atoms with Crippen molar-refractivity contribution in [2.75, 3.05) is 6.61 Å². The van der Waals surface area contributed by atoms with Crippen LogP contribution in [-0.4, -0.2) is 22.8 Å². The number of carbonyl (C=O) groups is 1. The molecule has 0 aromatic heterocycles. The van der Waals surface area contributed by atoms with E-state index >= 15 is 0 Å². The monoisotopic (exact) mass is 186 g/mol. The number of rotatable bonds is 3. The summed E-state index contributed by atoms with van der Waals surface area (Å²) in [5, 5.41) is 17.1.